The predicted octanol–water partition coefficient (Wildman–Crippen LogP) is 1.99. The van der Waals surface area contributed by atoms with Crippen LogP contribution in [0.1, 0.15) is 46.7 Å². The summed E-state index contributed by atoms with van der Waals surface area (Å²) in [5, 5.41) is 29.2. The molecule has 2 aromatic rings. The van der Waals surface area contributed by atoms with E-state index >= 15 is 0 Å². The van der Waals surface area contributed by atoms with Crippen molar-refractivity contribution in [2.45, 2.75) is 46.1 Å². The van der Waals surface area contributed by atoms with E-state index in [2.05, 4.69) is 20.9 Å². The Kier molecular flexibility index (Phi) is 7.58. The number of rotatable bonds is 8. The van der Waals surface area contributed by atoms with E-state index < -0.39 is 5.97 Å². The van der Waals surface area contributed by atoms with Crippen LogP contribution in [0.3, 0.4) is 0 Å². The number of nitrogens with one attached hydrogen (secondary N) is 1. The lowest BCUT2D eigenvalue weighted by atomic mass is 9.91. The van der Waals surface area contributed by atoms with Gasteiger partial charge in [-0.15, -0.1) is 0 Å². The van der Waals surface area contributed by atoms with Crippen LogP contribution in [0.25, 0.3) is 11.1 Å². The second kappa shape index (κ2) is 9.48. The summed E-state index contributed by atoms with van der Waals surface area (Å²) in [4.78, 5) is 15.4. The molecule has 0 aliphatic rings. The minimum absolute atomic E-state index is 0.170. The van der Waals surface area contributed by atoms with Crippen LogP contribution < -0.4 is 5.73 Å². The van der Waals surface area contributed by atoms with Gasteiger partial charge in [-0.1, -0.05) is 12.1 Å². The summed E-state index contributed by atoms with van der Waals surface area (Å²) >= 11 is 3.48. The third kappa shape index (κ3) is 4.41. The summed E-state index contributed by atoms with van der Waals surface area (Å²) in [6, 6.07) is 3.28. The van der Waals surface area contributed by atoms with E-state index in [4.69, 9.17) is 10.5 Å². The number of ether oxygens (including phenoxy) is 1. The quantitative estimate of drug-likeness (QED) is 0.399. The van der Waals surface area contributed by atoms with E-state index in [0.717, 1.165) is 5.69 Å². The number of esters is 1. The molecule has 0 amide bonds. The smallest absolute Gasteiger partial charge is 0.355 e. The maximum atomic E-state index is 12.3. The Morgan fingerprint density at radius 2 is 1.89 bits per heavy atom. The van der Waals surface area contributed by atoms with E-state index in [0.29, 0.717) is 38.7 Å². The molecule has 1 heterocycles. The maximum Gasteiger partial charge on any atom is 0.355 e. The third-order valence-electron chi connectivity index (χ3n) is 4.31. The number of aliphatic hydroxyl groups is 3. The molecule has 2 rings (SSSR count). The topological polar surface area (TPSA) is 129 Å². The van der Waals surface area contributed by atoms with Gasteiger partial charge in [-0.2, -0.15) is 0 Å². The predicted molar refractivity (Wildman–Crippen MR) is 105 cm³/mol. The SMILES string of the molecule is CCOC(=O)c1[nH]c(CC(C)N)c(-c2ccc(CO)c(CO)c2CO)c1Br. The molecule has 0 bridgehead atoms. The van der Waals surface area contributed by atoms with E-state index in [9.17, 15) is 20.1 Å². The first-order valence-corrected chi connectivity index (χ1v) is 9.48. The molecular weight excluding hydrogens is 416 g/mol. The van der Waals surface area contributed by atoms with E-state index in [1.165, 1.54) is 0 Å². The highest BCUT2D eigenvalue weighted by molar-refractivity contribution is 9.10. The molecule has 0 fully saturated rings. The Bertz CT molecular complexity index is 817. The number of aromatic amines is 1. The van der Waals surface area contributed by atoms with Crippen LogP contribution in [-0.4, -0.2) is 38.9 Å². The minimum atomic E-state index is -0.499. The monoisotopic (exact) mass is 440 g/mol. The van der Waals surface area contributed by atoms with Gasteiger partial charge in [-0.05, 0) is 52.0 Å². The second-order valence-electron chi connectivity index (χ2n) is 6.27. The number of aliphatic hydroxyl groups excluding tert-OH is 3. The molecule has 1 aromatic carbocycles. The van der Waals surface area contributed by atoms with Gasteiger partial charge in [-0.25, -0.2) is 4.79 Å². The lowest BCUT2D eigenvalue weighted by Gasteiger charge is -2.17. The molecule has 8 heteroatoms. The minimum Gasteiger partial charge on any atom is -0.461 e. The van der Waals surface area contributed by atoms with Crippen LogP contribution in [-0.2, 0) is 31.0 Å². The van der Waals surface area contributed by atoms with Crippen molar-refractivity contribution in [2.24, 2.45) is 5.73 Å². The van der Waals surface area contributed by atoms with Crippen molar-refractivity contribution < 1.29 is 24.9 Å². The van der Waals surface area contributed by atoms with Gasteiger partial charge in [-0.3, -0.25) is 0 Å². The average molecular weight is 441 g/mol. The normalized spacial score (nSPS) is 12.3. The number of aromatic nitrogens is 1. The summed E-state index contributed by atoms with van der Waals surface area (Å²) in [6.07, 6.45) is 0.467. The average Bonchev–Trinajstić information content (AvgIpc) is 2.95. The number of hydrogen-bond donors (Lipinski definition) is 5. The maximum absolute atomic E-state index is 12.3. The van der Waals surface area contributed by atoms with Crippen molar-refractivity contribution in [1.82, 2.24) is 4.98 Å². The van der Waals surface area contributed by atoms with Crippen molar-refractivity contribution >= 4 is 21.9 Å². The molecule has 27 heavy (non-hydrogen) atoms. The Balaban J connectivity index is 2.75. The van der Waals surface area contributed by atoms with Gasteiger partial charge >= 0.3 is 5.97 Å². The van der Waals surface area contributed by atoms with Gasteiger partial charge in [0.1, 0.15) is 5.69 Å². The Labute approximate surface area is 166 Å². The van der Waals surface area contributed by atoms with Gasteiger partial charge in [0.05, 0.1) is 30.9 Å². The Hall–Kier alpha value is -1.71. The summed E-state index contributed by atoms with van der Waals surface area (Å²) in [5.74, 6) is -0.499. The highest BCUT2D eigenvalue weighted by Crippen LogP contribution is 2.39. The Morgan fingerprint density at radius 3 is 2.41 bits per heavy atom. The van der Waals surface area contributed by atoms with Crippen LogP contribution in [0.4, 0.5) is 0 Å². The molecule has 1 aromatic heterocycles. The standard InChI is InChI=1S/C19H25BrN2O5/c1-3-27-19(26)18-17(20)16(15(22-18)6-10(2)21)12-5-4-11(7-23)13(8-24)14(12)9-25/h4-5,10,22-25H,3,6-9,21H2,1-2H3. The molecule has 0 spiro atoms. The molecule has 0 aliphatic heterocycles. The van der Waals surface area contributed by atoms with Crippen LogP contribution in [0.2, 0.25) is 0 Å². The molecule has 0 saturated heterocycles. The molecule has 1 unspecified atom stereocenters. The lowest BCUT2D eigenvalue weighted by Crippen LogP contribution is -2.18. The molecule has 0 radical (unpaired) electrons. The number of nitrogens with two attached hydrogens (primary N) is 1. The summed E-state index contributed by atoms with van der Waals surface area (Å²) in [7, 11) is 0. The van der Waals surface area contributed by atoms with E-state index in [1.54, 1.807) is 19.1 Å². The van der Waals surface area contributed by atoms with Gasteiger partial charge in [0.2, 0.25) is 0 Å². The van der Waals surface area contributed by atoms with Crippen LogP contribution in [0, 0.1) is 0 Å². The number of H-pyrrole nitrogens is 1. The van der Waals surface area contributed by atoms with Crippen molar-refractivity contribution in [2.75, 3.05) is 6.61 Å². The van der Waals surface area contributed by atoms with Crippen LogP contribution in [0.5, 0.6) is 0 Å². The molecule has 0 saturated carbocycles. The third-order valence-corrected chi connectivity index (χ3v) is 5.10. The number of hydrogen-bond acceptors (Lipinski definition) is 6. The van der Waals surface area contributed by atoms with E-state index in [1.807, 2.05) is 6.92 Å². The fourth-order valence-corrected chi connectivity index (χ4v) is 3.84. The molecule has 0 aliphatic carbocycles. The summed E-state index contributed by atoms with van der Waals surface area (Å²) in [6.45, 7) is 2.91. The first-order chi connectivity index (χ1) is 12.9. The number of halogens is 1. The van der Waals surface area contributed by atoms with Crippen LogP contribution >= 0.6 is 15.9 Å². The fraction of sp³-hybridized carbons (Fsp3) is 0.421. The van der Waals surface area contributed by atoms with Crippen molar-refractivity contribution in [3.63, 3.8) is 0 Å². The molecular formula is C19H25BrN2O5. The number of benzene rings is 1. The van der Waals surface area contributed by atoms with Gasteiger partial charge in [0.25, 0.3) is 0 Å². The highest BCUT2D eigenvalue weighted by Gasteiger charge is 2.25. The molecule has 6 N–H and O–H groups in total. The molecule has 1 atom stereocenters. The molecule has 7 nitrogen and oxygen atoms in total. The van der Waals surface area contributed by atoms with Crippen LogP contribution in [0.15, 0.2) is 16.6 Å². The van der Waals surface area contributed by atoms with Gasteiger partial charge < -0.3 is 30.8 Å². The summed E-state index contributed by atoms with van der Waals surface area (Å²) in [5.41, 5.74) is 9.77. The zero-order valence-corrected chi connectivity index (χ0v) is 17.0. The fourth-order valence-electron chi connectivity index (χ4n) is 3.13. The zero-order valence-electron chi connectivity index (χ0n) is 15.4. The van der Waals surface area contributed by atoms with Crippen molar-refractivity contribution in [1.29, 1.82) is 0 Å². The zero-order chi connectivity index (χ0) is 20.1. The lowest BCUT2D eigenvalue weighted by molar-refractivity contribution is 0.0519. The number of carbonyl (C=O) groups excluding carboxylic acids is 1. The van der Waals surface area contributed by atoms with E-state index in [-0.39, 0.29) is 38.2 Å². The van der Waals surface area contributed by atoms with Crippen molar-refractivity contribution in [3.8, 4) is 11.1 Å². The molecule has 148 valence electrons. The van der Waals surface area contributed by atoms with Gasteiger partial charge in [0.15, 0.2) is 0 Å². The number of carbonyl (C=O) groups is 1. The largest absolute Gasteiger partial charge is 0.461 e. The first-order valence-electron chi connectivity index (χ1n) is 8.69. The summed E-state index contributed by atoms with van der Waals surface area (Å²) < 4.78 is 5.61. The first kappa shape index (κ1) is 21.6. The van der Waals surface area contributed by atoms with Gasteiger partial charge in [0, 0.05) is 23.7 Å². The second-order valence-corrected chi connectivity index (χ2v) is 7.07. The Morgan fingerprint density at radius 1 is 1.22 bits per heavy atom. The van der Waals surface area contributed by atoms with Crippen molar-refractivity contribution in [3.05, 3.63) is 44.7 Å². The highest BCUT2D eigenvalue weighted by atomic mass is 79.9.